The Morgan fingerprint density at radius 2 is 1.88 bits per heavy atom. The number of hydrogen-bond acceptors (Lipinski definition) is 8. The van der Waals surface area contributed by atoms with Crippen LogP contribution < -0.4 is 14.2 Å². The maximum atomic E-state index is 15.4. The third kappa shape index (κ3) is 6.48. The van der Waals surface area contributed by atoms with E-state index in [4.69, 9.17) is 23.7 Å². The fourth-order valence-electron chi connectivity index (χ4n) is 5.39. The molecule has 2 aliphatic heterocycles. The van der Waals surface area contributed by atoms with Crippen LogP contribution in [-0.2, 0) is 20.9 Å². The Morgan fingerprint density at radius 1 is 1.05 bits per heavy atom. The van der Waals surface area contributed by atoms with Gasteiger partial charge in [0, 0.05) is 24.0 Å². The molecule has 0 radical (unpaired) electrons. The molecule has 0 aliphatic carbocycles. The Balaban J connectivity index is 1.25. The van der Waals surface area contributed by atoms with Crippen molar-refractivity contribution in [2.45, 2.75) is 57.5 Å². The number of carbonyl (C=O) groups excluding carboxylic acids is 1. The normalized spacial score (nSPS) is 21.6. The molecule has 0 bridgehead atoms. The third-order valence-electron chi connectivity index (χ3n) is 7.67. The van der Waals surface area contributed by atoms with Crippen LogP contribution in [0, 0.1) is 19.7 Å². The summed E-state index contributed by atoms with van der Waals surface area (Å²) in [5.74, 6) is 0.729. The highest BCUT2D eigenvalue weighted by atomic mass is 19.1. The van der Waals surface area contributed by atoms with Crippen LogP contribution >= 0.6 is 0 Å². The summed E-state index contributed by atoms with van der Waals surface area (Å²) in [6.45, 7) is 4.46. The van der Waals surface area contributed by atoms with E-state index in [-0.39, 0.29) is 43.7 Å². The Kier molecular flexibility index (Phi) is 8.77. The van der Waals surface area contributed by atoms with Gasteiger partial charge >= 0.3 is 5.97 Å². The molecule has 8 nitrogen and oxygen atoms in total. The van der Waals surface area contributed by atoms with Gasteiger partial charge < -0.3 is 33.9 Å². The molecule has 3 aromatic rings. The summed E-state index contributed by atoms with van der Waals surface area (Å²) in [5, 5.41) is 19.5. The van der Waals surface area contributed by atoms with Crippen LogP contribution in [-0.4, -0.2) is 61.4 Å². The summed E-state index contributed by atoms with van der Waals surface area (Å²) < 4.78 is 43.2. The molecule has 218 valence electrons. The van der Waals surface area contributed by atoms with E-state index in [1.54, 1.807) is 13.0 Å². The minimum Gasteiger partial charge on any atom is -0.492 e. The quantitative estimate of drug-likeness (QED) is 0.362. The average Bonchev–Trinajstić information content (AvgIpc) is 3.36. The molecule has 5 rings (SSSR count). The van der Waals surface area contributed by atoms with Crippen LogP contribution in [0.1, 0.15) is 41.0 Å². The van der Waals surface area contributed by atoms with Crippen molar-refractivity contribution in [1.29, 1.82) is 0 Å². The number of esters is 1. The molecule has 2 aliphatic rings. The number of ether oxygens (including phenoxy) is 5. The Hall–Kier alpha value is -3.66. The highest BCUT2D eigenvalue weighted by Gasteiger charge is 2.29. The highest BCUT2D eigenvalue weighted by Crippen LogP contribution is 2.39. The van der Waals surface area contributed by atoms with Gasteiger partial charge in [-0.1, -0.05) is 24.3 Å². The first-order valence-corrected chi connectivity index (χ1v) is 13.7. The van der Waals surface area contributed by atoms with Gasteiger partial charge in [-0.3, -0.25) is 4.79 Å². The number of fused-ring (bicyclic) bond motifs is 1. The molecule has 0 saturated carbocycles. The van der Waals surface area contributed by atoms with Gasteiger partial charge in [0.15, 0.2) is 11.6 Å². The maximum absolute atomic E-state index is 15.4. The largest absolute Gasteiger partial charge is 0.492 e. The molecule has 0 unspecified atom stereocenters. The number of carbonyl (C=O) groups is 1. The Bertz CT molecular complexity index is 1410. The van der Waals surface area contributed by atoms with Crippen LogP contribution in [0.4, 0.5) is 4.39 Å². The van der Waals surface area contributed by atoms with E-state index >= 15 is 4.39 Å². The van der Waals surface area contributed by atoms with Crippen LogP contribution in [0.3, 0.4) is 0 Å². The molecule has 2 N–H and O–H groups in total. The van der Waals surface area contributed by atoms with Crippen molar-refractivity contribution in [2.24, 2.45) is 0 Å². The van der Waals surface area contributed by atoms with E-state index in [2.05, 4.69) is 0 Å². The van der Waals surface area contributed by atoms with E-state index < -0.39 is 24.1 Å². The zero-order valence-corrected chi connectivity index (χ0v) is 23.4. The first-order chi connectivity index (χ1) is 19.7. The van der Waals surface area contributed by atoms with Crippen molar-refractivity contribution in [3.8, 4) is 28.4 Å². The number of hydrogen-bond donors (Lipinski definition) is 2. The number of aryl methyl sites for hydroxylation is 1. The monoisotopic (exact) mass is 566 g/mol. The lowest BCUT2D eigenvalue weighted by atomic mass is 9.94. The van der Waals surface area contributed by atoms with Gasteiger partial charge in [-0.2, -0.15) is 0 Å². The van der Waals surface area contributed by atoms with E-state index in [0.29, 0.717) is 30.3 Å². The maximum Gasteiger partial charge on any atom is 0.306 e. The molecular weight excluding hydrogens is 531 g/mol. The molecule has 41 heavy (non-hydrogen) atoms. The van der Waals surface area contributed by atoms with E-state index in [9.17, 15) is 15.0 Å². The van der Waals surface area contributed by atoms with E-state index in [1.165, 1.54) is 7.11 Å². The summed E-state index contributed by atoms with van der Waals surface area (Å²) in [6.07, 6.45) is -1.73. The first-order valence-electron chi connectivity index (χ1n) is 13.7. The summed E-state index contributed by atoms with van der Waals surface area (Å²) in [7, 11) is 1.38. The fourth-order valence-corrected chi connectivity index (χ4v) is 5.39. The van der Waals surface area contributed by atoms with Crippen LogP contribution in [0.5, 0.6) is 17.2 Å². The van der Waals surface area contributed by atoms with Gasteiger partial charge in [0.25, 0.3) is 0 Å². The molecule has 1 fully saturated rings. The lowest BCUT2D eigenvalue weighted by molar-refractivity contribution is -0.141. The number of methoxy groups -OCH3 is 1. The fraction of sp³-hybridized carbons (Fsp3) is 0.406. The van der Waals surface area contributed by atoms with Gasteiger partial charge in [-0.15, -0.1) is 0 Å². The predicted octanol–water partition coefficient (Wildman–Crippen LogP) is 4.62. The van der Waals surface area contributed by atoms with Gasteiger partial charge in [0.05, 0.1) is 39.0 Å². The van der Waals surface area contributed by atoms with Crippen molar-refractivity contribution in [3.63, 3.8) is 0 Å². The number of benzene rings is 3. The second-order valence-electron chi connectivity index (χ2n) is 10.6. The van der Waals surface area contributed by atoms with Crippen LogP contribution in [0.25, 0.3) is 11.1 Å². The summed E-state index contributed by atoms with van der Waals surface area (Å²) >= 11 is 0. The first kappa shape index (κ1) is 28.9. The van der Waals surface area contributed by atoms with Crippen LogP contribution in [0.15, 0.2) is 48.5 Å². The van der Waals surface area contributed by atoms with Gasteiger partial charge in [-0.25, -0.2) is 4.39 Å². The Labute approximate surface area is 238 Å². The molecular formula is C32H35FO8. The topological polar surface area (TPSA) is 104 Å². The molecule has 2 heterocycles. The van der Waals surface area contributed by atoms with Crippen molar-refractivity contribution >= 4 is 5.97 Å². The highest BCUT2D eigenvalue weighted by molar-refractivity contribution is 5.73. The SMILES string of the molecule is COC(=O)C[C@@H]1COc2cc(OCc3cccc(-c4c(C)cc(OC[C@@H]5C[C@@H](O)[C@@H](O)CO5)c(F)c4C)c3)ccc21. The average molecular weight is 567 g/mol. The molecule has 0 amide bonds. The zero-order chi connectivity index (χ0) is 29.1. The molecule has 9 heteroatoms. The number of aliphatic hydroxyl groups is 2. The van der Waals surface area contributed by atoms with Crippen molar-refractivity contribution < 1.29 is 43.1 Å². The molecule has 1 saturated heterocycles. The van der Waals surface area contributed by atoms with Crippen molar-refractivity contribution in [1.82, 2.24) is 0 Å². The third-order valence-corrected chi connectivity index (χ3v) is 7.67. The van der Waals surface area contributed by atoms with Crippen molar-refractivity contribution in [2.75, 3.05) is 26.9 Å². The van der Waals surface area contributed by atoms with Crippen molar-refractivity contribution in [3.05, 3.63) is 76.6 Å². The van der Waals surface area contributed by atoms with E-state index in [0.717, 1.165) is 27.8 Å². The summed E-state index contributed by atoms with van der Waals surface area (Å²) in [4.78, 5) is 11.7. The second-order valence-corrected chi connectivity index (χ2v) is 10.6. The minimum absolute atomic E-state index is 0.0203. The lowest BCUT2D eigenvalue weighted by Crippen LogP contribution is -2.43. The van der Waals surface area contributed by atoms with Crippen LogP contribution in [0.2, 0.25) is 0 Å². The summed E-state index contributed by atoms with van der Waals surface area (Å²) in [6, 6.07) is 15.1. The standard InChI is InChI=1S/C32H35FO8/c1-18-9-29(41-16-24-12-26(34)27(35)17-39-24)32(33)19(2)31(18)21-6-4-5-20(10-21)14-38-23-7-8-25-22(11-30(36)37-3)15-40-28(25)13-23/h4-10,13,22,24,26-27,34-35H,11-12,14-17H2,1-3H3/t22-,24+,26-,27+/m1/s1. The summed E-state index contributed by atoms with van der Waals surface area (Å²) in [5.41, 5.74) is 4.86. The molecule has 0 spiro atoms. The van der Waals surface area contributed by atoms with Gasteiger partial charge in [0.1, 0.15) is 30.8 Å². The molecule has 4 atom stereocenters. The number of halogens is 1. The van der Waals surface area contributed by atoms with Gasteiger partial charge in [0.2, 0.25) is 0 Å². The molecule has 3 aromatic carbocycles. The smallest absolute Gasteiger partial charge is 0.306 e. The second kappa shape index (κ2) is 12.5. The minimum atomic E-state index is -0.914. The zero-order valence-electron chi connectivity index (χ0n) is 23.4. The molecule has 0 aromatic heterocycles. The Morgan fingerprint density at radius 3 is 2.66 bits per heavy atom. The predicted molar refractivity (Wildman–Crippen MR) is 149 cm³/mol. The number of aliphatic hydroxyl groups excluding tert-OH is 2. The number of rotatable bonds is 9. The lowest BCUT2D eigenvalue weighted by Gasteiger charge is -2.30. The van der Waals surface area contributed by atoms with Gasteiger partial charge in [-0.05, 0) is 59.9 Å². The van der Waals surface area contributed by atoms with E-state index in [1.807, 2.05) is 49.4 Å².